The third kappa shape index (κ3) is 4.11. The number of hydrogen-bond acceptors (Lipinski definition) is 7. The molecule has 1 aliphatic heterocycles. The van der Waals surface area contributed by atoms with E-state index in [0.717, 1.165) is 57.8 Å². The van der Waals surface area contributed by atoms with Gasteiger partial charge in [0.1, 0.15) is 18.3 Å². The Bertz CT molecular complexity index is 1130. The molecular weight excluding hydrogens is 536 g/mol. The first-order valence-corrected chi connectivity index (χ1v) is 16.4. The lowest BCUT2D eigenvalue weighted by atomic mass is 9.34. The molecule has 5 aliphatic carbocycles. The standard InChI is InChI=1S/C34H54O8/c1-29(2)13-15-34(28(38)39)16-14-31(4)19(20(34)17-29)7-8-22-30(3)11-10-24(33(6,40)23(30)9-12-32(22,31)5)42-27-26(37)25(36)21(35)18-41-27/h7,20-27,35-37,40H,8-18H2,1-6H3,(H,38,39)/t20-,21-,22+,23+,24-,25-,26+,27-,30+,31+,32+,33-,34-/m0/s1. The van der Waals surface area contributed by atoms with Gasteiger partial charge in [-0.15, -0.1) is 0 Å². The van der Waals surface area contributed by atoms with Crippen molar-refractivity contribution >= 4 is 5.97 Å². The van der Waals surface area contributed by atoms with E-state index in [2.05, 4.69) is 40.7 Å². The summed E-state index contributed by atoms with van der Waals surface area (Å²) in [5, 5.41) is 53.3. The summed E-state index contributed by atoms with van der Waals surface area (Å²) < 4.78 is 11.7. The van der Waals surface area contributed by atoms with Gasteiger partial charge in [-0.2, -0.15) is 0 Å². The number of carboxylic acids is 1. The zero-order chi connectivity index (χ0) is 30.7. The van der Waals surface area contributed by atoms with Gasteiger partial charge in [0.05, 0.1) is 23.7 Å². The molecule has 8 nitrogen and oxygen atoms in total. The molecule has 0 amide bonds. The average molecular weight is 591 g/mol. The second-order valence-corrected chi connectivity index (χ2v) is 16.8. The molecule has 0 bridgehead atoms. The van der Waals surface area contributed by atoms with E-state index in [4.69, 9.17) is 9.47 Å². The van der Waals surface area contributed by atoms with Crippen LogP contribution in [0.4, 0.5) is 0 Å². The van der Waals surface area contributed by atoms with Gasteiger partial charge >= 0.3 is 5.97 Å². The van der Waals surface area contributed by atoms with Crippen LogP contribution < -0.4 is 0 Å². The first kappa shape index (κ1) is 31.0. The monoisotopic (exact) mass is 590 g/mol. The quantitative estimate of drug-likeness (QED) is 0.241. The minimum absolute atomic E-state index is 0.0126. The van der Waals surface area contributed by atoms with Crippen molar-refractivity contribution in [3.05, 3.63) is 11.6 Å². The highest BCUT2D eigenvalue weighted by Crippen LogP contribution is 2.75. The third-order valence-electron chi connectivity index (χ3n) is 14.4. The maximum atomic E-state index is 12.9. The summed E-state index contributed by atoms with van der Waals surface area (Å²) in [5.74, 6) is -0.222. The maximum absolute atomic E-state index is 12.9. The van der Waals surface area contributed by atoms with Crippen molar-refractivity contribution in [2.24, 2.45) is 44.8 Å². The van der Waals surface area contributed by atoms with Crippen molar-refractivity contribution in [3.8, 4) is 0 Å². The van der Waals surface area contributed by atoms with Gasteiger partial charge < -0.3 is 35.0 Å². The molecule has 1 saturated heterocycles. The highest BCUT2D eigenvalue weighted by molar-refractivity contribution is 5.76. The van der Waals surface area contributed by atoms with Crippen molar-refractivity contribution in [2.45, 2.75) is 142 Å². The number of aliphatic carboxylic acids is 1. The zero-order valence-corrected chi connectivity index (χ0v) is 26.4. The van der Waals surface area contributed by atoms with Crippen molar-refractivity contribution < 1.29 is 39.8 Å². The molecule has 6 rings (SSSR count). The summed E-state index contributed by atoms with van der Waals surface area (Å²) in [6, 6.07) is 0. The topological polar surface area (TPSA) is 137 Å². The van der Waals surface area contributed by atoms with Crippen molar-refractivity contribution in [2.75, 3.05) is 6.61 Å². The Hall–Kier alpha value is -1.03. The van der Waals surface area contributed by atoms with E-state index in [1.54, 1.807) is 0 Å². The number of carboxylic acid groups (broad SMARTS) is 1. The molecular formula is C34H54O8. The molecule has 0 aromatic rings. The van der Waals surface area contributed by atoms with E-state index in [1.165, 1.54) is 5.57 Å². The van der Waals surface area contributed by atoms with E-state index in [0.29, 0.717) is 12.3 Å². The molecule has 4 saturated carbocycles. The number of ether oxygens (including phenoxy) is 2. The second-order valence-electron chi connectivity index (χ2n) is 16.8. The lowest BCUT2D eigenvalue weighted by molar-refractivity contribution is -0.319. The molecule has 238 valence electrons. The largest absolute Gasteiger partial charge is 0.481 e. The van der Waals surface area contributed by atoms with Crippen molar-refractivity contribution in [1.82, 2.24) is 0 Å². The number of aliphatic hydroxyl groups is 4. The van der Waals surface area contributed by atoms with Gasteiger partial charge in [-0.05, 0) is 111 Å². The van der Waals surface area contributed by atoms with Crippen molar-refractivity contribution in [1.29, 1.82) is 0 Å². The minimum atomic E-state index is -1.39. The highest BCUT2D eigenvalue weighted by Gasteiger charge is 2.70. The van der Waals surface area contributed by atoms with Gasteiger partial charge in [0.15, 0.2) is 6.29 Å². The molecule has 1 heterocycles. The van der Waals surface area contributed by atoms with Crippen LogP contribution in [0.2, 0.25) is 0 Å². The van der Waals surface area contributed by atoms with Crippen LogP contribution in [-0.2, 0) is 14.3 Å². The van der Waals surface area contributed by atoms with Crippen LogP contribution in [0.5, 0.6) is 0 Å². The van der Waals surface area contributed by atoms with E-state index >= 15 is 0 Å². The molecule has 5 fully saturated rings. The third-order valence-corrected chi connectivity index (χ3v) is 14.4. The first-order chi connectivity index (χ1) is 19.4. The van der Waals surface area contributed by atoms with Crippen LogP contribution in [0.15, 0.2) is 11.6 Å². The number of allylic oxidation sites excluding steroid dienone is 2. The van der Waals surface area contributed by atoms with Gasteiger partial charge in [0, 0.05) is 0 Å². The fraction of sp³-hybridized carbons (Fsp3) is 0.912. The predicted molar refractivity (Wildman–Crippen MR) is 156 cm³/mol. The van der Waals surface area contributed by atoms with Crippen LogP contribution in [0.3, 0.4) is 0 Å². The molecule has 42 heavy (non-hydrogen) atoms. The van der Waals surface area contributed by atoms with Gasteiger partial charge in [-0.1, -0.05) is 46.3 Å². The summed E-state index contributed by atoms with van der Waals surface area (Å²) >= 11 is 0. The molecule has 0 aromatic carbocycles. The summed E-state index contributed by atoms with van der Waals surface area (Å²) in [6.45, 7) is 13.6. The molecule has 0 radical (unpaired) electrons. The molecule has 8 heteroatoms. The summed E-state index contributed by atoms with van der Waals surface area (Å²) in [7, 11) is 0. The predicted octanol–water partition coefficient (Wildman–Crippen LogP) is 4.42. The zero-order valence-electron chi connectivity index (χ0n) is 26.4. The summed E-state index contributed by atoms with van der Waals surface area (Å²) in [4.78, 5) is 12.9. The summed E-state index contributed by atoms with van der Waals surface area (Å²) in [5.41, 5.74) is -0.529. The van der Waals surface area contributed by atoms with E-state index in [1.807, 2.05) is 6.92 Å². The Morgan fingerprint density at radius 3 is 2.29 bits per heavy atom. The first-order valence-electron chi connectivity index (χ1n) is 16.4. The Balaban J connectivity index is 1.30. The molecule has 0 aromatic heterocycles. The van der Waals surface area contributed by atoms with Gasteiger partial charge in [-0.3, -0.25) is 4.79 Å². The molecule has 13 atom stereocenters. The SMILES string of the molecule is CC1(C)CC[C@]2(C(=O)O)CC[C@]3(C)C(=CC[C@@H]4[C@@]5(C)CC[C@H](O[C@@H]6OC[C@H](O)[C@H](O)[C@H]6O)[C@@](C)(O)[C@@H]5CC[C@]43C)[C@@H]2C1. The Morgan fingerprint density at radius 2 is 1.60 bits per heavy atom. The van der Waals surface area contributed by atoms with Crippen LogP contribution in [0.1, 0.15) is 106 Å². The molecule has 0 unspecified atom stereocenters. The average Bonchev–Trinajstić information content (AvgIpc) is 2.90. The minimum Gasteiger partial charge on any atom is -0.481 e. The normalized spacial score (nSPS) is 55.3. The number of carbonyl (C=O) groups is 1. The van der Waals surface area contributed by atoms with Gasteiger partial charge in [0.2, 0.25) is 0 Å². The van der Waals surface area contributed by atoms with Crippen LogP contribution in [-0.4, -0.2) is 74.4 Å². The van der Waals surface area contributed by atoms with E-state index < -0.39 is 47.7 Å². The van der Waals surface area contributed by atoms with Crippen LogP contribution in [0.25, 0.3) is 0 Å². The van der Waals surface area contributed by atoms with Crippen LogP contribution in [0, 0.1) is 44.8 Å². The Kier molecular flexibility index (Phi) is 7.18. The fourth-order valence-corrected chi connectivity index (χ4v) is 11.5. The number of fused-ring (bicyclic) bond motifs is 7. The van der Waals surface area contributed by atoms with Crippen LogP contribution >= 0.6 is 0 Å². The van der Waals surface area contributed by atoms with Gasteiger partial charge in [-0.25, -0.2) is 0 Å². The lowest BCUT2D eigenvalue weighted by Gasteiger charge is -2.71. The smallest absolute Gasteiger partial charge is 0.310 e. The lowest BCUT2D eigenvalue weighted by Crippen LogP contribution is -2.68. The number of rotatable bonds is 3. The molecule has 5 N–H and O–H groups in total. The highest BCUT2D eigenvalue weighted by atomic mass is 16.7. The fourth-order valence-electron chi connectivity index (χ4n) is 11.5. The number of aliphatic hydroxyl groups excluding tert-OH is 3. The van der Waals surface area contributed by atoms with Crippen molar-refractivity contribution in [3.63, 3.8) is 0 Å². The summed E-state index contributed by atoms with van der Waals surface area (Å²) in [6.07, 6.45) is 5.29. The van der Waals surface area contributed by atoms with E-state index in [9.17, 15) is 30.3 Å². The number of hydrogen-bond donors (Lipinski definition) is 5. The molecule has 6 aliphatic rings. The Labute approximate surface area is 250 Å². The van der Waals surface area contributed by atoms with Gasteiger partial charge in [0.25, 0.3) is 0 Å². The Morgan fingerprint density at radius 1 is 0.905 bits per heavy atom. The second kappa shape index (κ2) is 9.73. The maximum Gasteiger partial charge on any atom is 0.310 e. The van der Waals surface area contributed by atoms with E-state index in [-0.39, 0.29) is 40.1 Å². The molecule has 0 spiro atoms.